The standard InChI is InChI=1S/C31H30N2O3.C8H9NO2/c1-20(22-12-7-9-15-26(22)36-2)28(34)33-29(35)31-19-32-18-27(31)30(21-10-4-3-5-11-21)17-16-25(31)23-13-6-8-14-24(23)30;10-8(11)6-9-7-4-2-1-3-5-7/h3-15,25,27,32H,1,16-19H2,2H3,(H,33,34,35);1-5,9H,6H2,(H,10,11)/t25-,27+,30-,31+;/m1./s1. The van der Waals surface area contributed by atoms with Crippen molar-refractivity contribution in [2.45, 2.75) is 24.2 Å². The van der Waals surface area contributed by atoms with Gasteiger partial charge in [0.25, 0.3) is 5.91 Å². The highest BCUT2D eigenvalue weighted by Gasteiger charge is 2.68. The Bertz CT molecular complexity index is 1790. The molecule has 47 heavy (non-hydrogen) atoms. The minimum Gasteiger partial charge on any atom is -0.496 e. The molecule has 1 saturated heterocycles. The minimum absolute atomic E-state index is 0.0355. The third kappa shape index (κ3) is 5.59. The summed E-state index contributed by atoms with van der Waals surface area (Å²) in [5.74, 6) is -0.905. The number of imide groups is 1. The highest BCUT2D eigenvalue weighted by atomic mass is 16.5. The largest absolute Gasteiger partial charge is 0.496 e. The van der Waals surface area contributed by atoms with Gasteiger partial charge >= 0.3 is 5.97 Å². The van der Waals surface area contributed by atoms with Crippen LogP contribution in [0.25, 0.3) is 5.57 Å². The Labute approximate surface area is 274 Å². The average molecular weight is 630 g/mol. The van der Waals surface area contributed by atoms with E-state index >= 15 is 0 Å². The van der Waals surface area contributed by atoms with Crippen LogP contribution in [-0.4, -0.2) is 49.6 Å². The molecule has 8 heteroatoms. The molecule has 1 saturated carbocycles. The average Bonchev–Trinajstić information content (AvgIpc) is 3.60. The van der Waals surface area contributed by atoms with E-state index in [1.54, 1.807) is 19.2 Å². The van der Waals surface area contributed by atoms with Gasteiger partial charge in [-0.25, -0.2) is 0 Å². The number of nitrogens with one attached hydrogen (secondary N) is 3. The molecular formula is C39H39N3O5. The first-order valence-electron chi connectivity index (χ1n) is 15.9. The summed E-state index contributed by atoms with van der Waals surface area (Å²) in [6, 6.07) is 35.6. The molecule has 4 N–H and O–H groups in total. The number of rotatable bonds is 8. The lowest BCUT2D eigenvalue weighted by atomic mass is 9.42. The van der Waals surface area contributed by atoms with Crippen LogP contribution < -0.4 is 20.7 Å². The summed E-state index contributed by atoms with van der Waals surface area (Å²) in [4.78, 5) is 37.7. The van der Waals surface area contributed by atoms with E-state index in [2.05, 4.69) is 71.1 Å². The Balaban J connectivity index is 0.000000300. The fraction of sp³-hybridized carbons (Fsp3) is 0.256. The third-order valence-corrected chi connectivity index (χ3v) is 10.1. The zero-order chi connectivity index (χ0) is 33.0. The van der Waals surface area contributed by atoms with Crippen LogP contribution in [0.2, 0.25) is 0 Å². The van der Waals surface area contributed by atoms with Crippen LogP contribution in [-0.2, 0) is 19.8 Å². The molecule has 2 bridgehead atoms. The highest BCUT2D eigenvalue weighted by Crippen LogP contribution is 2.67. The van der Waals surface area contributed by atoms with Gasteiger partial charge in [-0.3, -0.25) is 19.7 Å². The molecule has 0 spiro atoms. The number of aliphatic carboxylic acids is 1. The number of methoxy groups -OCH3 is 1. The molecule has 0 unspecified atom stereocenters. The number of hydrogen-bond donors (Lipinski definition) is 4. The van der Waals surface area contributed by atoms with Crippen molar-refractivity contribution in [2.75, 3.05) is 32.1 Å². The SMILES string of the molecule is C=C(C(=O)NC(=O)[C@]12CNC[C@H]1[C@@]1(c3ccccc3)CC[C@@H]2c2ccccc21)c1ccccc1OC.O=C(O)CNc1ccccc1. The van der Waals surface area contributed by atoms with Crippen LogP contribution in [0.4, 0.5) is 5.69 Å². The molecule has 0 aromatic heterocycles. The van der Waals surface area contributed by atoms with E-state index in [1.807, 2.05) is 48.5 Å². The number of carboxylic acids is 1. The van der Waals surface area contributed by atoms with Gasteiger partial charge in [0.2, 0.25) is 5.91 Å². The third-order valence-electron chi connectivity index (χ3n) is 10.1. The first-order chi connectivity index (χ1) is 22.8. The summed E-state index contributed by atoms with van der Waals surface area (Å²) in [6.07, 6.45) is 1.89. The molecule has 4 aromatic rings. The normalized spacial score (nSPS) is 23.3. The fourth-order valence-corrected chi connectivity index (χ4v) is 8.15. The lowest BCUT2D eigenvalue weighted by molar-refractivity contribution is -0.142. The van der Waals surface area contributed by atoms with Gasteiger partial charge in [-0.05, 0) is 47.7 Å². The Morgan fingerprint density at radius 2 is 1.57 bits per heavy atom. The molecule has 2 fully saturated rings. The van der Waals surface area contributed by atoms with Crippen LogP contribution in [0.1, 0.15) is 41.0 Å². The van der Waals surface area contributed by atoms with Crippen molar-refractivity contribution in [3.63, 3.8) is 0 Å². The number of carbonyl (C=O) groups excluding carboxylic acids is 2. The summed E-state index contributed by atoms with van der Waals surface area (Å²) in [5, 5.41) is 17.4. The van der Waals surface area contributed by atoms with Gasteiger partial charge in [-0.2, -0.15) is 0 Å². The molecular weight excluding hydrogens is 590 g/mol. The van der Waals surface area contributed by atoms with Gasteiger partial charge < -0.3 is 20.5 Å². The van der Waals surface area contributed by atoms with E-state index in [-0.39, 0.29) is 35.3 Å². The van der Waals surface area contributed by atoms with Crippen molar-refractivity contribution < 1.29 is 24.2 Å². The number of carboxylic acid groups (broad SMARTS) is 1. The van der Waals surface area contributed by atoms with Gasteiger partial charge in [-0.15, -0.1) is 0 Å². The maximum Gasteiger partial charge on any atom is 0.322 e. The number of fused-ring (bicyclic) bond motifs is 1. The molecule has 1 heterocycles. The second-order valence-electron chi connectivity index (χ2n) is 12.3. The Morgan fingerprint density at radius 3 is 2.30 bits per heavy atom. The number of ether oxygens (including phenoxy) is 1. The Kier molecular flexibility index (Phi) is 8.96. The van der Waals surface area contributed by atoms with Crippen LogP contribution in [0.3, 0.4) is 0 Å². The fourth-order valence-electron chi connectivity index (χ4n) is 8.15. The summed E-state index contributed by atoms with van der Waals surface area (Å²) >= 11 is 0. The van der Waals surface area contributed by atoms with E-state index in [0.717, 1.165) is 25.1 Å². The van der Waals surface area contributed by atoms with E-state index in [1.165, 1.54) is 16.7 Å². The van der Waals surface area contributed by atoms with Crippen LogP contribution in [0, 0.1) is 11.3 Å². The first-order valence-corrected chi connectivity index (χ1v) is 15.9. The van der Waals surface area contributed by atoms with Gasteiger partial charge in [0.15, 0.2) is 0 Å². The number of amides is 2. The number of para-hydroxylation sites is 2. The van der Waals surface area contributed by atoms with E-state index < -0.39 is 17.3 Å². The number of benzene rings is 4. The van der Waals surface area contributed by atoms with Crippen molar-refractivity contribution in [1.29, 1.82) is 0 Å². The lowest BCUT2D eigenvalue weighted by Crippen LogP contribution is -2.63. The quantitative estimate of drug-likeness (QED) is 0.187. The van der Waals surface area contributed by atoms with E-state index in [9.17, 15) is 14.4 Å². The summed E-state index contributed by atoms with van der Waals surface area (Å²) in [6.45, 7) is 5.24. The molecule has 8 nitrogen and oxygen atoms in total. The lowest BCUT2D eigenvalue weighted by Gasteiger charge is -2.60. The summed E-state index contributed by atoms with van der Waals surface area (Å²) in [5.41, 5.74) is 4.43. The van der Waals surface area contributed by atoms with Crippen molar-refractivity contribution in [1.82, 2.24) is 10.6 Å². The predicted octanol–water partition coefficient (Wildman–Crippen LogP) is 5.62. The maximum absolute atomic E-state index is 14.2. The summed E-state index contributed by atoms with van der Waals surface area (Å²) in [7, 11) is 1.56. The molecule has 0 radical (unpaired) electrons. The van der Waals surface area contributed by atoms with Crippen LogP contribution in [0.15, 0.2) is 116 Å². The molecule has 3 aliphatic carbocycles. The number of anilines is 1. The Hall–Kier alpha value is -5.21. The molecule has 4 atom stereocenters. The topological polar surface area (TPSA) is 117 Å². The first kappa shape index (κ1) is 31.8. The van der Waals surface area contributed by atoms with Gasteiger partial charge in [-0.1, -0.05) is 97.6 Å². The number of hydrogen-bond acceptors (Lipinski definition) is 6. The van der Waals surface area contributed by atoms with Gasteiger partial charge in [0, 0.05) is 47.2 Å². The molecule has 240 valence electrons. The van der Waals surface area contributed by atoms with Crippen molar-refractivity contribution >= 4 is 29.0 Å². The zero-order valence-corrected chi connectivity index (χ0v) is 26.4. The van der Waals surface area contributed by atoms with Crippen molar-refractivity contribution in [3.05, 3.63) is 138 Å². The smallest absolute Gasteiger partial charge is 0.322 e. The number of carbonyl (C=O) groups is 3. The predicted molar refractivity (Wildman–Crippen MR) is 182 cm³/mol. The van der Waals surface area contributed by atoms with Crippen LogP contribution >= 0.6 is 0 Å². The minimum atomic E-state index is -0.853. The molecule has 8 rings (SSSR count). The summed E-state index contributed by atoms with van der Waals surface area (Å²) < 4.78 is 5.41. The second-order valence-corrected chi connectivity index (χ2v) is 12.3. The molecule has 4 aromatic carbocycles. The molecule has 1 aliphatic heterocycles. The van der Waals surface area contributed by atoms with E-state index in [0.29, 0.717) is 17.9 Å². The van der Waals surface area contributed by atoms with Gasteiger partial charge in [0.1, 0.15) is 12.3 Å². The maximum atomic E-state index is 14.2. The molecule has 2 amide bonds. The van der Waals surface area contributed by atoms with E-state index in [4.69, 9.17) is 9.84 Å². The molecule has 4 aliphatic rings. The zero-order valence-electron chi connectivity index (χ0n) is 26.4. The second kappa shape index (κ2) is 13.3. The van der Waals surface area contributed by atoms with Crippen molar-refractivity contribution in [2.24, 2.45) is 11.3 Å². The monoisotopic (exact) mass is 629 g/mol. The van der Waals surface area contributed by atoms with Crippen molar-refractivity contribution in [3.8, 4) is 5.75 Å². The van der Waals surface area contributed by atoms with Crippen LogP contribution in [0.5, 0.6) is 5.75 Å². The highest BCUT2D eigenvalue weighted by molar-refractivity contribution is 6.24. The Morgan fingerprint density at radius 1 is 0.915 bits per heavy atom. The van der Waals surface area contributed by atoms with Gasteiger partial charge in [0.05, 0.1) is 12.5 Å².